The Morgan fingerprint density at radius 2 is 2.27 bits per heavy atom. The number of para-hydroxylation sites is 1. The Labute approximate surface area is 87.7 Å². The minimum Gasteiger partial charge on any atom is -0.345 e. The van der Waals surface area contributed by atoms with E-state index in [0.717, 1.165) is 30.4 Å². The Bertz CT molecular complexity index is 528. The van der Waals surface area contributed by atoms with E-state index in [1.54, 1.807) is 6.07 Å². The van der Waals surface area contributed by atoms with Crippen LogP contribution in [0.15, 0.2) is 18.2 Å². The molecule has 0 saturated carbocycles. The van der Waals surface area contributed by atoms with Gasteiger partial charge in [0.2, 0.25) is 0 Å². The van der Waals surface area contributed by atoms with E-state index in [1.165, 1.54) is 17.3 Å². The molecule has 2 heterocycles. The first-order valence-corrected chi connectivity index (χ1v) is 5.24. The second kappa shape index (κ2) is 3.07. The third-order valence-corrected chi connectivity index (χ3v) is 3.24. The average Bonchev–Trinajstić information content (AvgIpc) is 2.55. The van der Waals surface area contributed by atoms with Gasteiger partial charge in [-0.2, -0.15) is 0 Å². The number of aromatic nitrogens is 1. The lowest BCUT2D eigenvalue weighted by atomic mass is 10.1. The second-order valence-corrected chi connectivity index (χ2v) is 4.05. The molecule has 1 aliphatic heterocycles. The first-order valence-electron chi connectivity index (χ1n) is 5.24. The molecular weight excluding hydrogens is 191 g/mol. The van der Waals surface area contributed by atoms with E-state index >= 15 is 0 Å². The van der Waals surface area contributed by atoms with Crippen LogP contribution in [0, 0.1) is 5.82 Å². The molecule has 0 aliphatic carbocycles. The van der Waals surface area contributed by atoms with Gasteiger partial charge in [0.15, 0.2) is 0 Å². The first kappa shape index (κ1) is 8.92. The molecule has 1 aromatic carbocycles. The number of nitrogens with zero attached hydrogens (tertiary/aromatic N) is 1. The fourth-order valence-corrected chi connectivity index (χ4v) is 2.53. The van der Waals surface area contributed by atoms with E-state index in [0.29, 0.717) is 0 Å². The van der Waals surface area contributed by atoms with Crippen molar-refractivity contribution in [3.63, 3.8) is 0 Å². The molecule has 0 radical (unpaired) electrons. The fourth-order valence-electron chi connectivity index (χ4n) is 2.53. The van der Waals surface area contributed by atoms with Crippen LogP contribution in [0.4, 0.5) is 4.39 Å². The van der Waals surface area contributed by atoms with Crippen molar-refractivity contribution in [2.75, 3.05) is 6.54 Å². The maximum absolute atomic E-state index is 13.7. The maximum atomic E-state index is 13.7. The molecule has 1 aliphatic rings. The summed E-state index contributed by atoms with van der Waals surface area (Å²) in [5.74, 6) is -0.121. The van der Waals surface area contributed by atoms with Crippen LogP contribution in [0.5, 0.6) is 0 Å². The lowest BCUT2D eigenvalue weighted by molar-refractivity contribution is 0.612. The lowest BCUT2D eigenvalue weighted by Crippen LogP contribution is -2.24. The summed E-state index contributed by atoms with van der Waals surface area (Å²) in [7, 11) is 1.95. The Kier molecular flexibility index (Phi) is 1.83. The monoisotopic (exact) mass is 204 g/mol. The van der Waals surface area contributed by atoms with Gasteiger partial charge in [-0.25, -0.2) is 4.39 Å². The summed E-state index contributed by atoms with van der Waals surface area (Å²) in [5, 5.41) is 4.39. The Morgan fingerprint density at radius 3 is 3.13 bits per heavy atom. The van der Waals surface area contributed by atoms with Crippen molar-refractivity contribution < 1.29 is 4.39 Å². The van der Waals surface area contributed by atoms with E-state index in [4.69, 9.17) is 0 Å². The molecule has 2 aromatic rings. The van der Waals surface area contributed by atoms with Gasteiger partial charge >= 0.3 is 0 Å². The summed E-state index contributed by atoms with van der Waals surface area (Å²) in [4.78, 5) is 0. The highest BCUT2D eigenvalue weighted by Crippen LogP contribution is 2.28. The molecule has 1 aromatic heterocycles. The Morgan fingerprint density at radius 1 is 1.40 bits per heavy atom. The van der Waals surface area contributed by atoms with Crippen molar-refractivity contribution in [3.05, 3.63) is 35.3 Å². The van der Waals surface area contributed by atoms with E-state index in [-0.39, 0.29) is 5.82 Å². The van der Waals surface area contributed by atoms with Crippen molar-refractivity contribution in [3.8, 4) is 0 Å². The zero-order valence-electron chi connectivity index (χ0n) is 8.68. The number of benzene rings is 1. The van der Waals surface area contributed by atoms with Crippen LogP contribution in [-0.2, 0) is 20.0 Å². The summed E-state index contributed by atoms with van der Waals surface area (Å²) in [6.07, 6.45) is 0.986. The first-order chi connectivity index (χ1) is 7.29. The van der Waals surface area contributed by atoms with Gasteiger partial charge in [-0.3, -0.25) is 0 Å². The minimum absolute atomic E-state index is 0.121. The summed E-state index contributed by atoms with van der Waals surface area (Å²) in [5.41, 5.74) is 3.28. The molecule has 0 saturated heterocycles. The van der Waals surface area contributed by atoms with Crippen LogP contribution in [0.25, 0.3) is 10.9 Å². The highest BCUT2D eigenvalue weighted by molar-refractivity contribution is 5.86. The van der Waals surface area contributed by atoms with Crippen molar-refractivity contribution in [1.29, 1.82) is 0 Å². The van der Waals surface area contributed by atoms with Crippen molar-refractivity contribution in [1.82, 2.24) is 9.88 Å². The number of rotatable bonds is 0. The molecule has 3 heteroatoms. The molecule has 0 fully saturated rings. The van der Waals surface area contributed by atoms with Crippen molar-refractivity contribution >= 4 is 10.9 Å². The molecule has 0 atom stereocenters. The van der Waals surface area contributed by atoms with Crippen LogP contribution in [-0.4, -0.2) is 11.1 Å². The van der Waals surface area contributed by atoms with Crippen LogP contribution >= 0.6 is 0 Å². The van der Waals surface area contributed by atoms with E-state index < -0.39 is 0 Å². The zero-order chi connectivity index (χ0) is 10.4. The van der Waals surface area contributed by atoms with Gasteiger partial charge in [0, 0.05) is 37.6 Å². The number of fused-ring (bicyclic) bond motifs is 3. The topological polar surface area (TPSA) is 17.0 Å². The SMILES string of the molecule is Cn1c2c(c3cccc(F)c31)CNCC2. The summed E-state index contributed by atoms with van der Waals surface area (Å²) in [6, 6.07) is 5.32. The molecule has 1 N–H and O–H groups in total. The molecular formula is C12H13FN2. The van der Waals surface area contributed by atoms with Crippen LogP contribution < -0.4 is 5.32 Å². The van der Waals surface area contributed by atoms with Crippen LogP contribution in [0.3, 0.4) is 0 Å². The molecule has 3 rings (SSSR count). The third kappa shape index (κ3) is 1.13. The molecule has 0 spiro atoms. The van der Waals surface area contributed by atoms with E-state index in [9.17, 15) is 4.39 Å². The van der Waals surface area contributed by atoms with Gasteiger partial charge < -0.3 is 9.88 Å². The van der Waals surface area contributed by atoms with E-state index in [1.807, 2.05) is 17.7 Å². The number of hydrogen-bond acceptors (Lipinski definition) is 1. The molecule has 2 nitrogen and oxygen atoms in total. The predicted octanol–water partition coefficient (Wildman–Crippen LogP) is 1.96. The summed E-state index contributed by atoms with van der Waals surface area (Å²) in [6.45, 7) is 1.84. The van der Waals surface area contributed by atoms with Crippen LogP contribution in [0.2, 0.25) is 0 Å². The van der Waals surface area contributed by atoms with Gasteiger partial charge in [0.1, 0.15) is 5.82 Å². The Hall–Kier alpha value is -1.35. The van der Waals surface area contributed by atoms with Gasteiger partial charge in [0.25, 0.3) is 0 Å². The maximum Gasteiger partial charge on any atom is 0.147 e. The van der Waals surface area contributed by atoms with Gasteiger partial charge in [0.05, 0.1) is 5.52 Å². The largest absolute Gasteiger partial charge is 0.345 e. The lowest BCUT2D eigenvalue weighted by Gasteiger charge is -2.14. The molecule has 78 valence electrons. The zero-order valence-corrected chi connectivity index (χ0v) is 8.68. The van der Waals surface area contributed by atoms with Crippen molar-refractivity contribution in [2.24, 2.45) is 7.05 Å². The number of halogens is 1. The molecule has 0 unspecified atom stereocenters. The summed E-state index contributed by atoms with van der Waals surface area (Å²) < 4.78 is 15.7. The predicted molar refractivity (Wildman–Crippen MR) is 58.3 cm³/mol. The van der Waals surface area contributed by atoms with E-state index in [2.05, 4.69) is 5.32 Å². The second-order valence-electron chi connectivity index (χ2n) is 4.05. The highest BCUT2D eigenvalue weighted by atomic mass is 19.1. The molecule has 15 heavy (non-hydrogen) atoms. The standard InChI is InChI=1S/C12H13FN2/c1-15-11-5-6-14-7-9(11)8-3-2-4-10(13)12(8)15/h2-4,14H,5-7H2,1H3. The highest BCUT2D eigenvalue weighted by Gasteiger charge is 2.19. The normalized spacial score (nSPS) is 15.6. The quantitative estimate of drug-likeness (QED) is 0.694. The molecule has 0 amide bonds. The molecule has 0 bridgehead atoms. The van der Waals surface area contributed by atoms with Crippen LogP contribution in [0.1, 0.15) is 11.3 Å². The van der Waals surface area contributed by atoms with Gasteiger partial charge in [-0.1, -0.05) is 12.1 Å². The Balaban J connectivity index is 2.44. The smallest absolute Gasteiger partial charge is 0.147 e. The number of aryl methyl sites for hydroxylation is 1. The number of hydrogen-bond donors (Lipinski definition) is 1. The fraction of sp³-hybridized carbons (Fsp3) is 0.333. The van der Waals surface area contributed by atoms with Crippen molar-refractivity contribution in [2.45, 2.75) is 13.0 Å². The van der Waals surface area contributed by atoms with Gasteiger partial charge in [-0.15, -0.1) is 0 Å². The van der Waals surface area contributed by atoms with Gasteiger partial charge in [-0.05, 0) is 11.6 Å². The third-order valence-electron chi connectivity index (χ3n) is 3.24. The number of nitrogens with one attached hydrogen (secondary N) is 1. The minimum atomic E-state index is -0.121. The summed E-state index contributed by atoms with van der Waals surface area (Å²) >= 11 is 0. The average molecular weight is 204 g/mol.